The molecule has 0 aliphatic carbocycles. The molecule has 1 saturated heterocycles. The number of Topliss-reactive ketones (excluding diaryl/α,β-unsaturated/α-hetero) is 1. The molecular formula is C27H32N4O6. The summed E-state index contributed by atoms with van der Waals surface area (Å²) in [7, 11) is 0. The number of amides is 3. The van der Waals surface area contributed by atoms with Gasteiger partial charge >= 0.3 is 6.09 Å². The van der Waals surface area contributed by atoms with Crippen molar-refractivity contribution in [1.82, 2.24) is 20.4 Å². The number of nitrogens with one attached hydrogen (secondary N) is 2. The highest BCUT2D eigenvalue weighted by atomic mass is 16.5. The lowest BCUT2D eigenvalue weighted by atomic mass is 10.1. The Hall–Kier alpha value is -4.05. The molecule has 1 heterocycles. The third-order valence-corrected chi connectivity index (χ3v) is 5.84. The smallest absolute Gasteiger partial charge is 0.408 e. The van der Waals surface area contributed by atoms with Crippen LogP contribution in [0.1, 0.15) is 24.5 Å². The van der Waals surface area contributed by atoms with Gasteiger partial charge in [-0.3, -0.25) is 19.3 Å². The molecule has 0 bridgehead atoms. The van der Waals surface area contributed by atoms with Crippen LogP contribution in [0.5, 0.6) is 0 Å². The minimum Gasteiger partial charge on any atom is -0.445 e. The van der Waals surface area contributed by atoms with E-state index in [1.165, 1.54) is 11.8 Å². The molecule has 2 N–H and O–H groups in total. The number of hydrogen-bond acceptors (Lipinski definition) is 7. The molecule has 10 nitrogen and oxygen atoms in total. The molecular weight excluding hydrogens is 476 g/mol. The van der Waals surface area contributed by atoms with Crippen LogP contribution in [0.3, 0.4) is 0 Å². The first-order chi connectivity index (χ1) is 17.8. The number of alkyl carbamates (subject to hydrolysis) is 1. The Labute approximate surface area is 215 Å². The Morgan fingerprint density at radius 2 is 1.68 bits per heavy atom. The number of benzene rings is 2. The fourth-order valence-electron chi connectivity index (χ4n) is 4.05. The summed E-state index contributed by atoms with van der Waals surface area (Å²) in [6.45, 7) is 2.57. The van der Waals surface area contributed by atoms with Crippen LogP contribution in [0.4, 0.5) is 4.79 Å². The van der Waals surface area contributed by atoms with E-state index in [0.717, 1.165) is 11.1 Å². The summed E-state index contributed by atoms with van der Waals surface area (Å²) in [5, 5.41) is 5.13. The second kappa shape index (κ2) is 13.9. The van der Waals surface area contributed by atoms with Gasteiger partial charge < -0.3 is 25.1 Å². The van der Waals surface area contributed by atoms with Gasteiger partial charge in [0.1, 0.15) is 24.7 Å². The normalized spacial score (nSPS) is 16.8. The number of rotatable bonds is 11. The molecule has 3 rings (SSSR count). The molecule has 2 aromatic carbocycles. The Morgan fingerprint density at radius 3 is 2.30 bits per heavy atom. The van der Waals surface area contributed by atoms with E-state index in [-0.39, 0.29) is 38.4 Å². The van der Waals surface area contributed by atoms with Crippen LogP contribution in [0.15, 0.2) is 60.7 Å². The molecule has 0 spiro atoms. The average Bonchev–Trinajstić information content (AvgIpc) is 3.02. The highest BCUT2D eigenvalue weighted by molar-refractivity contribution is 5.91. The van der Waals surface area contributed by atoms with E-state index in [9.17, 15) is 24.0 Å². The van der Waals surface area contributed by atoms with E-state index < -0.39 is 30.0 Å². The van der Waals surface area contributed by atoms with Gasteiger partial charge in [0.15, 0.2) is 0 Å². The van der Waals surface area contributed by atoms with Crippen LogP contribution in [0, 0.1) is 0 Å². The molecule has 10 heteroatoms. The first-order valence-corrected chi connectivity index (χ1v) is 12.1. The minimum absolute atomic E-state index is 0.0522. The number of aldehydes is 1. The van der Waals surface area contributed by atoms with Crippen molar-refractivity contribution in [2.75, 3.05) is 26.2 Å². The molecule has 2 aromatic rings. The molecule has 0 saturated carbocycles. The van der Waals surface area contributed by atoms with E-state index in [4.69, 9.17) is 4.74 Å². The first-order valence-electron chi connectivity index (χ1n) is 12.1. The van der Waals surface area contributed by atoms with Crippen LogP contribution in [0.25, 0.3) is 0 Å². The van der Waals surface area contributed by atoms with Gasteiger partial charge in [-0.25, -0.2) is 4.79 Å². The van der Waals surface area contributed by atoms with Crippen molar-refractivity contribution in [3.8, 4) is 0 Å². The second-order valence-electron chi connectivity index (χ2n) is 8.96. The van der Waals surface area contributed by atoms with E-state index in [0.29, 0.717) is 19.4 Å². The summed E-state index contributed by atoms with van der Waals surface area (Å²) < 4.78 is 5.30. The summed E-state index contributed by atoms with van der Waals surface area (Å²) in [6.07, 6.45) is -0.361. The quantitative estimate of drug-likeness (QED) is 0.438. The standard InChI is InChI=1S/C27H32N4O6/c1-20(33)14-23(18-32)28-25(34)17-31-13-12-30(15-21-8-4-2-5-9-21)16-24(26(31)35)29-27(36)37-19-22-10-6-3-7-11-22/h2-11,18,23-24H,12-17,19H2,1H3,(H,28,34)(H,29,36)/t23-,24-/m0/s1. The second-order valence-corrected chi connectivity index (χ2v) is 8.96. The van der Waals surface area contributed by atoms with Crippen LogP contribution in [0.2, 0.25) is 0 Å². The lowest BCUT2D eigenvalue weighted by Crippen LogP contribution is -2.53. The highest BCUT2D eigenvalue weighted by Gasteiger charge is 2.33. The topological polar surface area (TPSA) is 125 Å². The Morgan fingerprint density at radius 1 is 1.03 bits per heavy atom. The molecule has 1 aliphatic rings. The number of nitrogens with zero attached hydrogens (tertiary/aromatic N) is 2. The maximum absolute atomic E-state index is 13.3. The van der Waals surface area contributed by atoms with Crippen LogP contribution < -0.4 is 10.6 Å². The third kappa shape index (κ3) is 9.16. The molecule has 0 aromatic heterocycles. The number of ketones is 1. The molecule has 37 heavy (non-hydrogen) atoms. The van der Waals surface area contributed by atoms with Gasteiger partial charge in [0.25, 0.3) is 0 Å². The van der Waals surface area contributed by atoms with Crippen molar-refractivity contribution in [1.29, 1.82) is 0 Å². The average molecular weight is 509 g/mol. The van der Waals surface area contributed by atoms with Gasteiger partial charge in [-0.1, -0.05) is 60.7 Å². The fraction of sp³-hybridized carbons (Fsp3) is 0.370. The number of carbonyl (C=O) groups is 5. The lowest BCUT2D eigenvalue weighted by molar-refractivity contribution is -0.137. The van der Waals surface area contributed by atoms with E-state index in [2.05, 4.69) is 10.6 Å². The minimum atomic E-state index is -0.955. The Bertz CT molecular complexity index is 1080. The van der Waals surface area contributed by atoms with Crippen LogP contribution >= 0.6 is 0 Å². The zero-order valence-electron chi connectivity index (χ0n) is 20.8. The SMILES string of the molecule is CC(=O)C[C@@H](C=O)NC(=O)CN1CCN(Cc2ccccc2)C[C@H](NC(=O)OCc2ccccc2)C1=O. The Balaban J connectivity index is 1.68. The van der Waals surface area contributed by atoms with Crippen LogP contribution in [-0.4, -0.2) is 78.0 Å². The van der Waals surface area contributed by atoms with Gasteiger partial charge in [-0.2, -0.15) is 0 Å². The van der Waals surface area contributed by atoms with E-state index in [1.807, 2.05) is 65.6 Å². The monoisotopic (exact) mass is 508 g/mol. The summed E-state index contributed by atoms with van der Waals surface area (Å²) in [5.41, 5.74) is 1.86. The highest BCUT2D eigenvalue weighted by Crippen LogP contribution is 2.11. The van der Waals surface area contributed by atoms with Crippen molar-refractivity contribution < 1.29 is 28.7 Å². The maximum Gasteiger partial charge on any atom is 0.408 e. The Kier molecular flexibility index (Phi) is 10.3. The van der Waals surface area contributed by atoms with Gasteiger partial charge in [-0.05, 0) is 18.1 Å². The first kappa shape index (κ1) is 27.5. The third-order valence-electron chi connectivity index (χ3n) is 5.84. The van der Waals surface area contributed by atoms with Crippen molar-refractivity contribution >= 4 is 30.0 Å². The van der Waals surface area contributed by atoms with Gasteiger partial charge in [0, 0.05) is 32.6 Å². The molecule has 2 atom stereocenters. The zero-order valence-corrected chi connectivity index (χ0v) is 20.8. The molecule has 0 unspecified atom stereocenters. The van der Waals surface area contributed by atoms with Crippen LogP contribution in [-0.2, 0) is 37.1 Å². The largest absolute Gasteiger partial charge is 0.445 e. The summed E-state index contributed by atoms with van der Waals surface area (Å²) >= 11 is 0. The molecule has 1 aliphatic heterocycles. The van der Waals surface area contributed by atoms with Crippen molar-refractivity contribution in [3.63, 3.8) is 0 Å². The number of ether oxygens (including phenoxy) is 1. The number of carbonyl (C=O) groups excluding carboxylic acids is 5. The zero-order chi connectivity index (χ0) is 26.6. The van der Waals surface area contributed by atoms with Crippen molar-refractivity contribution in [3.05, 3.63) is 71.8 Å². The van der Waals surface area contributed by atoms with Gasteiger partial charge in [0.2, 0.25) is 11.8 Å². The van der Waals surface area contributed by atoms with Gasteiger partial charge in [0.05, 0.1) is 12.6 Å². The lowest BCUT2D eigenvalue weighted by Gasteiger charge is -2.24. The van der Waals surface area contributed by atoms with Gasteiger partial charge in [-0.15, -0.1) is 0 Å². The summed E-state index contributed by atoms with van der Waals surface area (Å²) in [4.78, 5) is 64.4. The molecule has 3 amide bonds. The summed E-state index contributed by atoms with van der Waals surface area (Å²) in [5.74, 6) is -1.23. The summed E-state index contributed by atoms with van der Waals surface area (Å²) in [6, 6.07) is 17.0. The van der Waals surface area contributed by atoms with E-state index >= 15 is 0 Å². The predicted molar refractivity (Wildman–Crippen MR) is 135 cm³/mol. The van der Waals surface area contributed by atoms with Crippen molar-refractivity contribution in [2.45, 2.75) is 38.6 Å². The van der Waals surface area contributed by atoms with Crippen molar-refractivity contribution in [2.24, 2.45) is 0 Å². The predicted octanol–water partition coefficient (Wildman–Crippen LogP) is 1.29. The fourth-order valence-corrected chi connectivity index (χ4v) is 4.05. The molecule has 196 valence electrons. The maximum atomic E-state index is 13.3. The molecule has 1 fully saturated rings. The molecule has 0 radical (unpaired) electrons. The van der Waals surface area contributed by atoms with E-state index in [1.54, 1.807) is 0 Å². The number of hydrogen-bond donors (Lipinski definition) is 2.